The van der Waals surface area contributed by atoms with E-state index >= 15 is 0 Å². The third kappa shape index (κ3) is 5.66. The number of benzene rings is 1. The first-order valence-corrected chi connectivity index (χ1v) is 9.52. The van der Waals surface area contributed by atoms with E-state index in [0.29, 0.717) is 11.8 Å². The van der Waals surface area contributed by atoms with Crippen molar-refractivity contribution in [2.75, 3.05) is 0 Å². The lowest BCUT2D eigenvalue weighted by molar-refractivity contribution is 0.383. The fourth-order valence-corrected chi connectivity index (χ4v) is 3.13. The Morgan fingerprint density at radius 2 is 1.22 bits per heavy atom. The van der Waals surface area contributed by atoms with Gasteiger partial charge in [-0.25, -0.2) is 0 Å². The minimum Gasteiger partial charge on any atom is -0.0651 e. The predicted molar refractivity (Wildman–Crippen MR) is 105 cm³/mol. The molecule has 2 unspecified atom stereocenters. The topological polar surface area (TPSA) is 0 Å². The third-order valence-electron chi connectivity index (χ3n) is 5.27. The zero-order valence-corrected chi connectivity index (χ0v) is 17.4. The summed E-state index contributed by atoms with van der Waals surface area (Å²) in [7, 11) is 0. The molecule has 0 saturated heterocycles. The molecular weight excluding hydrogens is 276 g/mol. The summed E-state index contributed by atoms with van der Waals surface area (Å²) in [6.07, 6.45) is 2.57. The van der Waals surface area contributed by atoms with Crippen LogP contribution in [0.2, 0.25) is 0 Å². The van der Waals surface area contributed by atoms with Crippen molar-refractivity contribution in [3.63, 3.8) is 0 Å². The van der Waals surface area contributed by atoms with Gasteiger partial charge < -0.3 is 0 Å². The van der Waals surface area contributed by atoms with E-state index in [1.54, 1.807) is 5.56 Å². The zero-order valence-electron chi connectivity index (χ0n) is 17.4. The van der Waals surface area contributed by atoms with Crippen molar-refractivity contribution >= 4 is 0 Å². The zero-order chi connectivity index (χ0) is 18.0. The molecule has 0 fully saturated rings. The van der Waals surface area contributed by atoms with E-state index in [2.05, 4.69) is 87.4 Å². The van der Waals surface area contributed by atoms with Gasteiger partial charge in [0.25, 0.3) is 0 Å². The summed E-state index contributed by atoms with van der Waals surface area (Å²) in [6, 6.07) is 7.41. The second kappa shape index (κ2) is 7.41. The van der Waals surface area contributed by atoms with Gasteiger partial charge in [0, 0.05) is 0 Å². The second-order valence-electron chi connectivity index (χ2n) is 9.94. The fourth-order valence-electron chi connectivity index (χ4n) is 3.13. The van der Waals surface area contributed by atoms with E-state index in [0.717, 1.165) is 5.92 Å². The van der Waals surface area contributed by atoms with E-state index in [1.807, 2.05) is 0 Å². The van der Waals surface area contributed by atoms with Gasteiger partial charge >= 0.3 is 0 Å². The highest BCUT2D eigenvalue weighted by atomic mass is 14.3. The van der Waals surface area contributed by atoms with Crippen molar-refractivity contribution < 1.29 is 0 Å². The Bertz CT molecular complexity index is 462. The van der Waals surface area contributed by atoms with Gasteiger partial charge in [0.1, 0.15) is 0 Å². The molecule has 0 radical (unpaired) electrons. The maximum absolute atomic E-state index is 2.49. The Morgan fingerprint density at radius 3 is 1.52 bits per heavy atom. The van der Waals surface area contributed by atoms with Crippen LogP contribution in [0.1, 0.15) is 105 Å². The van der Waals surface area contributed by atoms with Gasteiger partial charge in [-0.3, -0.25) is 0 Å². The summed E-state index contributed by atoms with van der Waals surface area (Å²) in [6.45, 7) is 23.5. The Kier molecular flexibility index (Phi) is 6.53. The van der Waals surface area contributed by atoms with E-state index < -0.39 is 0 Å². The molecule has 0 heteroatoms. The maximum atomic E-state index is 2.49. The van der Waals surface area contributed by atoms with Crippen molar-refractivity contribution in [1.82, 2.24) is 0 Å². The predicted octanol–water partition coefficient (Wildman–Crippen LogP) is 7.46. The molecule has 0 nitrogen and oxygen atoms in total. The van der Waals surface area contributed by atoms with Crippen molar-refractivity contribution in [1.29, 1.82) is 0 Å². The molecule has 2 atom stereocenters. The van der Waals surface area contributed by atoms with Crippen molar-refractivity contribution in [2.24, 2.45) is 11.8 Å². The lowest BCUT2D eigenvalue weighted by atomic mass is 9.75. The Hall–Kier alpha value is -0.780. The van der Waals surface area contributed by atoms with Crippen LogP contribution in [-0.2, 0) is 10.8 Å². The average Bonchev–Trinajstić information content (AvgIpc) is 2.41. The summed E-state index contributed by atoms with van der Waals surface area (Å²) in [5.74, 6) is 2.14. The molecule has 1 aromatic carbocycles. The summed E-state index contributed by atoms with van der Waals surface area (Å²) in [5, 5.41) is 0. The molecule has 0 aliphatic carbocycles. The van der Waals surface area contributed by atoms with Crippen molar-refractivity contribution in [2.45, 2.75) is 98.8 Å². The number of hydrogen-bond donors (Lipinski definition) is 0. The molecule has 0 aliphatic rings. The first-order chi connectivity index (χ1) is 10.4. The van der Waals surface area contributed by atoms with Gasteiger partial charge in [-0.05, 0) is 51.7 Å². The molecule has 1 aromatic rings. The van der Waals surface area contributed by atoms with Gasteiger partial charge in [0.2, 0.25) is 0 Å². The van der Waals surface area contributed by atoms with Crippen LogP contribution in [0.4, 0.5) is 0 Å². The monoisotopic (exact) mass is 316 g/mol. The van der Waals surface area contributed by atoms with Crippen LogP contribution in [-0.4, -0.2) is 0 Å². The first-order valence-electron chi connectivity index (χ1n) is 9.52. The van der Waals surface area contributed by atoms with E-state index in [1.165, 1.54) is 24.0 Å². The molecular formula is C23H40. The first kappa shape index (κ1) is 20.3. The lowest BCUT2D eigenvalue weighted by Crippen LogP contribution is -2.19. The minimum atomic E-state index is 0.202. The molecule has 23 heavy (non-hydrogen) atoms. The van der Waals surface area contributed by atoms with Crippen LogP contribution in [0.15, 0.2) is 18.2 Å². The molecule has 0 aromatic heterocycles. The number of rotatable bonds is 5. The molecule has 0 aliphatic heterocycles. The fraction of sp³-hybridized carbons (Fsp3) is 0.739. The Morgan fingerprint density at radius 1 is 0.783 bits per heavy atom. The Balaban J connectivity index is 3.42. The third-order valence-corrected chi connectivity index (χ3v) is 5.27. The minimum absolute atomic E-state index is 0.202. The van der Waals surface area contributed by atoms with Crippen molar-refractivity contribution in [3.05, 3.63) is 34.9 Å². The highest BCUT2D eigenvalue weighted by molar-refractivity contribution is 5.39. The Labute approximate surface area is 146 Å². The normalized spacial score (nSPS) is 15.8. The summed E-state index contributed by atoms with van der Waals surface area (Å²) in [5.41, 5.74) is 4.92. The van der Waals surface area contributed by atoms with Gasteiger partial charge in [-0.2, -0.15) is 0 Å². The molecule has 0 bridgehead atoms. The van der Waals surface area contributed by atoms with E-state index in [4.69, 9.17) is 0 Å². The molecule has 0 N–H and O–H groups in total. The molecule has 132 valence electrons. The number of hydrogen-bond acceptors (Lipinski definition) is 0. The summed E-state index contributed by atoms with van der Waals surface area (Å²) < 4.78 is 0. The highest BCUT2D eigenvalue weighted by Gasteiger charge is 2.25. The molecule has 1 rings (SSSR count). The molecule has 0 spiro atoms. The van der Waals surface area contributed by atoms with Crippen LogP contribution in [0.25, 0.3) is 0 Å². The van der Waals surface area contributed by atoms with Crippen LogP contribution in [0, 0.1) is 11.8 Å². The van der Waals surface area contributed by atoms with Crippen molar-refractivity contribution in [3.8, 4) is 0 Å². The van der Waals surface area contributed by atoms with Gasteiger partial charge in [0.15, 0.2) is 0 Å². The lowest BCUT2D eigenvalue weighted by Gasteiger charge is -2.30. The summed E-state index contributed by atoms with van der Waals surface area (Å²) >= 11 is 0. The highest BCUT2D eigenvalue weighted by Crippen LogP contribution is 2.37. The summed E-state index contributed by atoms with van der Waals surface area (Å²) in [4.78, 5) is 0. The maximum Gasteiger partial charge on any atom is -0.0132 e. The van der Waals surface area contributed by atoms with Gasteiger partial charge in [0.05, 0.1) is 0 Å². The average molecular weight is 317 g/mol. The quantitative estimate of drug-likeness (QED) is 0.529. The van der Waals surface area contributed by atoms with Gasteiger partial charge in [-0.15, -0.1) is 0 Å². The van der Waals surface area contributed by atoms with Crippen LogP contribution in [0.3, 0.4) is 0 Å². The molecule has 0 amide bonds. The van der Waals surface area contributed by atoms with Crippen LogP contribution in [0.5, 0.6) is 0 Å². The largest absolute Gasteiger partial charge is 0.0651 e. The van der Waals surface area contributed by atoms with Crippen LogP contribution >= 0.6 is 0 Å². The van der Waals surface area contributed by atoms with E-state index in [9.17, 15) is 0 Å². The standard InChI is InChI=1S/C23H40/c1-11-17(4)12-21(16(2)3)18-13-19(22(5,6)7)15-20(14-18)23(8,9)10/h13-17,21H,11-12H2,1-10H3. The molecule has 0 saturated carbocycles. The van der Waals surface area contributed by atoms with Gasteiger partial charge in [-0.1, -0.05) is 93.9 Å². The smallest absolute Gasteiger partial charge is 0.0132 e. The second-order valence-corrected chi connectivity index (χ2v) is 9.94. The van der Waals surface area contributed by atoms with Crippen LogP contribution < -0.4 is 0 Å². The molecule has 0 heterocycles. The van der Waals surface area contributed by atoms with E-state index in [-0.39, 0.29) is 10.8 Å². The SMILES string of the molecule is CCC(C)CC(c1cc(C(C)(C)C)cc(C(C)(C)C)c1)C(C)C.